The van der Waals surface area contributed by atoms with Crippen molar-refractivity contribution in [1.29, 1.82) is 0 Å². The molecule has 0 aliphatic rings. The van der Waals surface area contributed by atoms with Crippen LogP contribution in [0.1, 0.15) is 18.1 Å². The molecule has 0 fully saturated rings. The van der Waals surface area contributed by atoms with E-state index >= 15 is 0 Å². The quantitative estimate of drug-likeness (QED) is 0.854. The van der Waals surface area contributed by atoms with Gasteiger partial charge in [-0.15, -0.1) is 0 Å². The molecule has 0 spiro atoms. The van der Waals surface area contributed by atoms with E-state index in [0.29, 0.717) is 12.3 Å². The second-order valence-electron chi connectivity index (χ2n) is 5.47. The fraction of sp³-hybridized carbons (Fsp3) is 0.316. The van der Waals surface area contributed by atoms with E-state index in [-0.39, 0.29) is 5.91 Å². The summed E-state index contributed by atoms with van der Waals surface area (Å²) in [5.74, 6) is 1.43. The molecule has 2 aromatic carbocycles. The maximum atomic E-state index is 12.1. The lowest BCUT2D eigenvalue weighted by Crippen LogP contribution is -2.37. The number of aryl methyl sites for hydroxylation is 1. The van der Waals surface area contributed by atoms with Gasteiger partial charge in [0.05, 0.1) is 7.11 Å². The number of hydrogen-bond acceptors (Lipinski definition) is 3. The Morgan fingerprint density at radius 2 is 1.87 bits per heavy atom. The molecular weight excluding hydrogens is 290 g/mol. The summed E-state index contributed by atoms with van der Waals surface area (Å²) in [6, 6.07) is 15.5. The highest BCUT2D eigenvalue weighted by Crippen LogP contribution is 2.14. The van der Waals surface area contributed by atoms with Crippen LogP contribution in [0.4, 0.5) is 0 Å². The van der Waals surface area contributed by atoms with Crippen LogP contribution in [0.2, 0.25) is 0 Å². The van der Waals surface area contributed by atoms with E-state index in [9.17, 15) is 4.79 Å². The molecule has 4 nitrogen and oxygen atoms in total. The lowest BCUT2D eigenvalue weighted by atomic mass is 10.1. The van der Waals surface area contributed by atoms with Crippen LogP contribution < -0.4 is 14.8 Å². The molecule has 0 saturated heterocycles. The van der Waals surface area contributed by atoms with E-state index in [1.54, 1.807) is 14.0 Å². The highest BCUT2D eigenvalue weighted by atomic mass is 16.5. The Morgan fingerprint density at radius 3 is 2.52 bits per heavy atom. The predicted octanol–water partition coefficient (Wildman–Crippen LogP) is 3.13. The van der Waals surface area contributed by atoms with Gasteiger partial charge in [-0.25, -0.2) is 0 Å². The van der Waals surface area contributed by atoms with Gasteiger partial charge < -0.3 is 14.8 Å². The zero-order valence-electron chi connectivity index (χ0n) is 13.8. The Morgan fingerprint density at radius 1 is 1.13 bits per heavy atom. The number of carbonyl (C=O) groups excluding carboxylic acids is 1. The molecule has 0 radical (unpaired) electrons. The number of benzene rings is 2. The SMILES string of the molecule is COc1ccc(CCNC(=O)C(C)Oc2cccc(C)c2)cc1. The van der Waals surface area contributed by atoms with Crippen molar-refractivity contribution in [3.8, 4) is 11.5 Å². The van der Waals surface area contributed by atoms with Crippen molar-refractivity contribution in [2.24, 2.45) is 0 Å². The third-order valence-corrected chi connectivity index (χ3v) is 3.54. The van der Waals surface area contributed by atoms with E-state index in [2.05, 4.69) is 5.32 Å². The van der Waals surface area contributed by atoms with Crippen LogP contribution >= 0.6 is 0 Å². The maximum absolute atomic E-state index is 12.1. The van der Waals surface area contributed by atoms with E-state index in [1.165, 1.54) is 0 Å². The first kappa shape index (κ1) is 16.9. The summed E-state index contributed by atoms with van der Waals surface area (Å²) < 4.78 is 10.8. The van der Waals surface area contributed by atoms with Gasteiger partial charge in [-0.2, -0.15) is 0 Å². The van der Waals surface area contributed by atoms with Gasteiger partial charge in [-0.1, -0.05) is 24.3 Å². The van der Waals surface area contributed by atoms with Crippen LogP contribution in [-0.4, -0.2) is 25.7 Å². The number of ether oxygens (including phenoxy) is 2. The van der Waals surface area contributed by atoms with Gasteiger partial charge in [-0.05, 0) is 55.7 Å². The van der Waals surface area contributed by atoms with Crippen LogP contribution in [0.5, 0.6) is 11.5 Å². The van der Waals surface area contributed by atoms with Crippen molar-refractivity contribution < 1.29 is 14.3 Å². The summed E-state index contributed by atoms with van der Waals surface area (Å²) in [5, 5.41) is 2.90. The molecule has 1 amide bonds. The van der Waals surface area contributed by atoms with E-state index < -0.39 is 6.10 Å². The average molecular weight is 313 g/mol. The number of methoxy groups -OCH3 is 1. The number of amides is 1. The van der Waals surface area contributed by atoms with Gasteiger partial charge in [0.1, 0.15) is 11.5 Å². The lowest BCUT2D eigenvalue weighted by molar-refractivity contribution is -0.127. The topological polar surface area (TPSA) is 47.6 Å². The Kier molecular flexibility index (Phi) is 6.03. The number of hydrogen-bond donors (Lipinski definition) is 1. The monoisotopic (exact) mass is 313 g/mol. The Balaban J connectivity index is 1.77. The van der Waals surface area contributed by atoms with Gasteiger partial charge in [0.15, 0.2) is 6.10 Å². The summed E-state index contributed by atoms with van der Waals surface area (Å²) in [4.78, 5) is 12.1. The molecule has 1 atom stereocenters. The van der Waals surface area contributed by atoms with Crippen LogP contribution in [0, 0.1) is 6.92 Å². The minimum absolute atomic E-state index is 0.111. The molecule has 0 bridgehead atoms. The van der Waals surface area contributed by atoms with E-state index in [0.717, 1.165) is 23.3 Å². The average Bonchev–Trinajstić information content (AvgIpc) is 2.55. The molecule has 122 valence electrons. The maximum Gasteiger partial charge on any atom is 0.260 e. The van der Waals surface area contributed by atoms with Gasteiger partial charge in [0, 0.05) is 6.54 Å². The van der Waals surface area contributed by atoms with Crippen LogP contribution in [0.15, 0.2) is 48.5 Å². The molecule has 0 saturated carbocycles. The summed E-state index contributed by atoms with van der Waals surface area (Å²) in [6.07, 6.45) is 0.250. The summed E-state index contributed by atoms with van der Waals surface area (Å²) >= 11 is 0. The van der Waals surface area contributed by atoms with Gasteiger partial charge in [0.25, 0.3) is 5.91 Å². The molecule has 2 aromatic rings. The first-order valence-corrected chi connectivity index (χ1v) is 7.72. The molecule has 0 heterocycles. The zero-order valence-corrected chi connectivity index (χ0v) is 13.8. The highest BCUT2D eigenvalue weighted by Gasteiger charge is 2.13. The van der Waals surface area contributed by atoms with Crippen molar-refractivity contribution >= 4 is 5.91 Å². The minimum Gasteiger partial charge on any atom is -0.497 e. The van der Waals surface area contributed by atoms with Gasteiger partial charge in [-0.3, -0.25) is 4.79 Å². The summed E-state index contributed by atoms with van der Waals surface area (Å²) in [7, 11) is 1.64. The number of rotatable bonds is 7. The third-order valence-electron chi connectivity index (χ3n) is 3.54. The third kappa shape index (κ3) is 5.33. The molecule has 23 heavy (non-hydrogen) atoms. The fourth-order valence-corrected chi connectivity index (χ4v) is 2.21. The Hall–Kier alpha value is -2.49. The zero-order chi connectivity index (χ0) is 16.7. The second-order valence-corrected chi connectivity index (χ2v) is 5.47. The molecule has 1 unspecified atom stereocenters. The molecular formula is C19H23NO3. The molecule has 4 heteroatoms. The van der Waals surface area contributed by atoms with Gasteiger partial charge in [0.2, 0.25) is 0 Å². The standard InChI is InChI=1S/C19H23NO3/c1-14-5-4-6-18(13-14)23-15(2)19(21)20-12-11-16-7-9-17(22-3)10-8-16/h4-10,13,15H,11-12H2,1-3H3,(H,20,21). The molecule has 0 aliphatic carbocycles. The van der Waals surface area contributed by atoms with Crippen LogP contribution in [0.25, 0.3) is 0 Å². The molecule has 2 rings (SSSR count). The first-order chi connectivity index (χ1) is 11.1. The minimum atomic E-state index is -0.521. The Labute approximate surface area is 137 Å². The molecule has 0 aromatic heterocycles. The second kappa shape index (κ2) is 8.22. The van der Waals surface area contributed by atoms with Gasteiger partial charge >= 0.3 is 0 Å². The first-order valence-electron chi connectivity index (χ1n) is 7.72. The van der Waals surface area contributed by atoms with Crippen LogP contribution in [0.3, 0.4) is 0 Å². The lowest BCUT2D eigenvalue weighted by Gasteiger charge is -2.15. The summed E-state index contributed by atoms with van der Waals surface area (Å²) in [5.41, 5.74) is 2.26. The van der Waals surface area contributed by atoms with E-state index in [4.69, 9.17) is 9.47 Å². The highest BCUT2D eigenvalue weighted by molar-refractivity contribution is 5.80. The van der Waals surface area contributed by atoms with Crippen molar-refractivity contribution in [2.75, 3.05) is 13.7 Å². The predicted molar refractivity (Wildman–Crippen MR) is 91.0 cm³/mol. The van der Waals surface area contributed by atoms with E-state index in [1.807, 2.05) is 55.5 Å². The Bertz CT molecular complexity index is 637. The molecule has 1 N–H and O–H groups in total. The largest absolute Gasteiger partial charge is 0.497 e. The van der Waals surface area contributed by atoms with Crippen molar-refractivity contribution in [3.05, 3.63) is 59.7 Å². The number of carbonyl (C=O) groups is 1. The summed E-state index contributed by atoms with van der Waals surface area (Å²) in [6.45, 7) is 4.32. The normalized spacial score (nSPS) is 11.6. The van der Waals surface area contributed by atoms with Crippen molar-refractivity contribution in [1.82, 2.24) is 5.32 Å². The fourth-order valence-electron chi connectivity index (χ4n) is 2.21. The molecule has 0 aliphatic heterocycles. The smallest absolute Gasteiger partial charge is 0.260 e. The van der Waals surface area contributed by atoms with Crippen LogP contribution in [-0.2, 0) is 11.2 Å². The van der Waals surface area contributed by atoms with Crippen molar-refractivity contribution in [3.63, 3.8) is 0 Å². The number of nitrogens with one attached hydrogen (secondary N) is 1. The van der Waals surface area contributed by atoms with Crippen molar-refractivity contribution in [2.45, 2.75) is 26.4 Å².